The Balaban J connectivity index is 1.28. The molecular weight excluding hydrogens is 532 g/mol. The number of ether oxygens (including phenoxy) is 2. The molecule has 3 saturated carbocycles. The number of piperazine rings is 1. The van der Waals surface area contributed by atoms with E-state index >= 15 is 0 Å². The van der Waals surface area contributed by atoms with Crippen LogP contribution in [0, 0.1) is 33.5 Å². The topological polar surface area (TPSA) is 92.6 Å². The quantitative estimate of drug-likeness (QED) is 0.378. The van der Waals surface area contributed by atoms with Crippen molar-refractivity contribution in [1.29, 1.82) is 0 Å². The van der Waals surface area contributed by atoms with Crippen LogP contribution in [0.2, 0.25) is 0 Å². The van der Waals surface area contributed by atoms with Gasteiger partial charge in [-0.3, -0.25) is 19.3 Å². The summed E-state index contributed by atoms with van der Waals surface area (Å²) in [6.07, 6.45) is 8.52. The molecule has 1 spiro atoms. The Labute approximate surface area is 249 Å². The van der Waals surface area contributed by atoms with Gasteiger partial charge in [0.15, 0.2) is 11.6 Å². The lowest BCUT2D eigenvalue weighted by Crippen LogP contribution is -2.70. The molecule has 1 aromatic rings. The molecule has 9 atom stereocenters. The Morgan fingerprint density at radius 1 is 1.05 bits per heavy atom. The summed E-state index contributed by atoms with van der Waals surface area (Å²) in [6, 6.07) is 1.91. The van der Waals surface area contributed by atoms with Crippen LogP contribution in [-0.4, -0.2) is 84.4 Å². The summed E-state index contributed by atoms with van der Waals surface area (Å²) in [5.41, 5.74) is -1.79. The van der Waals surface area contributed by atoms with Crippen molar-refractivity contribution in [2.24, 2.45) is 33.5 Å². The zero-order chi connectivity index (χ0) is 29.9. The number of rotatable bonds is 5. The van der Waals surface area contributed by atoms with E-state index in [9.17, 15) is 14.4 Å². The number of hydrogen-bond donors (Lipinski definition) is 0. The first kappa shape index (κ1) is 28.5. The van der Waals surface area contributed by atoms with E-state index in [2.05, 4.69) is 43.6 Å². The summed E-state index contributed by atoms with van der Waals surface area (Å²) in [5.74, 6) is -0.215. The molecule has 3 heterocycles. The average molecular weight is 579 g/mol. The lowest BCUT2D eigenvalue weighted by Gasteiger charge is -2.67. The standard InChI is InChI=1S/C34H46N2O6/c1-7-35-13-15-36(16-14-35)19-26(38)41-25-18-23-30(2,3)24(37)9-11-31(23,4)22-8-12-32(5)27(21-10-17-40-20-21)28(39)29-34(32,42-29)33(22,25)6/h9-11,17,20,22-23,25,27,29H,7-8,12-16,18-19H2,1-6H3/t22-,23+,25-,27-,29-,31-,32+,33+,34-/m1/s1. The van der Waals surface area contributed by atoms with Gasteiger partial charge in [0, 0.05) is 48.0 Å². The van der Waals surface area contributed by atoms with E-state index in [4.69, 9.17) is 13.9 Å². The summed E-state index contributed by atoms with van der Waals surface area (Å²) in [7, 11) is 0. The molecule has 2 saturated heterocycles. The van der Waals surface area contributed by atoms with Crippen LogP contribution in [0.5, 0.6) is 0 Å². The number of hydrogen-bond acceptors (Lipinski definition) is 8. The Morgan fingerprint density at radius 2 is 1.76 bits per heavy atom. The van der Waals surface area contributed by atoms with Crippen LogP contribution < -0.4 is 0 Å². The average Bonchev–Trinajstić information content (AvgIpc) is 3.44. The van der Waals surface area contributed by atoms with Crippen molar-refractivity contribution in [3.8, 4) is 0 Å². The normalized spacial score (nSPS) is 46.0. The first-order chi connectivity index (χ1) is 19.8. The summed E-state index contributed by atoms with van der Waals surface area (Å²) in [5, 5.41) is 0. The smallest absolute Gasteiger partial charge is 0.320 e. The lowest BCUT2D eigenvalue weighted by molar-refractivity contribution is -0.233. The molecular formula is C34H46N2O6. The van der Waals surface area contributed by atoms with Gasteiger partial charge in [-0.2, -0.15) is 0 Å². The number of furan rings is 1. The number of allylic oxidation sites excluding steroid dienone is 2. The summed E-state index contributed by atoms with van der Waals surface area (Å²) in [6.45, 7) is 17.8. The maximum absolute atomic E-state index is 14.0. The Morgan fingerprint density at radius 3 is 2.43 bits per heavy atom. The molecule has 8 nitrogen and oxygen atoms in total. The van der Waals surface area contributed by atoms with Crippen molar-refractivity contribution in [3.05, 3.63) is 36.3 Å². The van der Waals surface area contributed by atoms with Crippen LogP contribution in [-0.2, 0) is 23.9 Å². The third kappa shape index (κ3) is 3.43. The highest BCUT2D eigenvalue weighted by molar-refractivity contribution is 5.99. The van der Waals surface area contributed by atoms with Crippen LogP contribution in [0.4, 0.5) is 0 Å². The molecule has 4 aliphatic carbocycles. The highest BCUT2D eigenvalue weighted by Gasteiger charge is 2.90. The zero-order valence-electron chi connectivity index (χ0n) is 26.0. The third-order valence-electron chi connectivity index (χ3n) is 13.3. The van der Waals surface area contributed by atoms with Crippen LogP contribution >= 0.6 is 0 Å². The van der Waals surface area contributed by atoms with Gasteiger partial charge in [0.25, 0.3) is 0 Å². The Hall–Kier alpha value is -2.29. The van der Waals surface area contributed by atoms with Gasteiger partial charge in [-0.1, -0.05) is 47.6 Å². The number of ketones is 2. The number of esters is 1. The van der Waals surface area contributed by atoms with Gasteiger partial charge in [0.2, 0.25) is 0 Å². The molecule has 228 valence electrons. The minimum atomic E-state index is -0.743. The molecule has 7 rings (SSSR count). The van der Waals surface area contributed by atoms with E-state index in [1.54, 1.807) is 18.6 Å². The van der Waals surface area contributed by atoms with Gasteiger partial charge in [-0.05, 0) is 55.2 Å². The van der Waals surface area contributed by atoms with Crippen molar-refractivity contribution in [3.63, 3.8) is 0 Å². The fourth-order valence-electron chi connectivity index (χ4n) is 11.0. The Bertz CT molecular complexity index is 1330. The van der Waals surface area contributed by atoms with E-state index in [1.807, 2.05) is 19.9 Å². The number of Topliss-reactive ketones (excluding diaryl/α,β-unsaturated/α-hetero) is 1. The number of fused-ring (bicyclic) bond motifs is 3. The van der Waals surface area contributed by atoms with E-state index in [1.165, 1.54) is 0 Å². The third-order valence-corrected chi connectivity index (χ3v) is 13.3. The largest absolute Gasteiger partial charge is 0.472 e. The second-order valence-electron chi connectivity index (χ2n) is 15.2. The molecule has 1 aromatic heterocycles. The van der Waals surface area contributed by atoms with Crippen LogP contribution in [0.3, 0.4) is 0 Å². The first-order valence-corrected chi connectivity index (χ1v) is 16.0. The molecule has 0 aromatic carbocycles. The Kier molecular flexibility index (Phi) is 6.18. The molecule has 0 amide bonds. The maximum atomic E-state index is 14.0. The molecule has 8 heteroatoms. The summed E-state index contributed by atoms with van der Waals surface area (Å²) >= 11 is 0. The number of nitrogens with zero attached hydrogens (tertiary/aromatic N) is 2. The van der Waals surface area contributed by atoms with E-state index in [0.717, 1.165) is 51.1 Å². The lowest BCUT2D eigenvalue weighted by atomic mass is 9.36. The molecule has 6 aliphatic rings. The molecule has 0 N–H and O–H groups in total. The highest BCUT2D eigenvalue weighted by atomic mass is 16.6. The van der Waals surface area contributed by atoms with Gasteiger partial charge < -0.3 is 18.8 Å². The second-order valence-corrected chi connectivity index (χ2v) is 15.2. The van der Waals surface area contributed by atoms with Gasteiger partial charge in [0.1, 0.15) is 17.8 Å². The molecule has 2 aliphatic heterocycles. The zero-order valence-corrected chi connectivity index (χ0v) is 26.0. The van der Waals surface area contributed by atoms with Gasteiger partial charge >= 0.3 is 5.97 Å². The molecule has 42 heavy (non-hydrogen) atoms. The SMILES string of the molecule is CCN1CCN(CC(=O)O[C@@H]2C[C@H]3C(C)(C)C(=O)C=C[C@]3(C)[C@H]3CC[C@@]4(C)[C@H](c5ccoc5)C(=O)[C@H]5O[C@]54[C@@]32C)CC1. The number of carbonyl (C=O) groups excluding carboxylic acids is 3. The predicted octanol–water partition coefficient (Wildman–Crippen LogP) is 4.25. The van der Waals surface area contributed by atoms with Crippen LogP contribution in [0.25, 0.3) is 0 Å². The fraction of sp³-hybridized carbons (Fsp3) is 0.735. The fourth-order valence-corrected chi connectivity index (χ4v) is 11.0. The monoisotopic (exact) mass is 578 g/mol. The van der Waals surface area contributed by atoms with Gasteiger partial charge in [0.05, 0.1) is 25.0 Å². The van der Waals surface area contributed by atoms with E-state index in [0.29, 0.717) is 6.42 Å². The molecule has 0 bridgehead atoms. The van der Waals surface area contributed by atoms with Crippen LogP contribution in [0.1, 0.15) is 72.3 Å². The van der Waals surface area contributed by atoms with Crippen molar-refractivity contribution < 1.29 is 28.3 Å². The van der Waals surface area contributed by atoms with Gasteiger partial charge in [-0.15, -0.1) is 0 Å². The minimum absolute atomic E-state index is 0.00575. The maximum Gasteiger partial charge on any atom is 0.320 e. The number of carbonyl (C=O) groups is 3. The minimum Gasteiger partial charge on any atom is -0.472 e. The van der Waals surface area contributed by atoms with Crippen molar-refractivity contribution >= 4 is 17.5 Å². The summed E-state index contributed by atoms with van der Waals surface area (Å²) in [4.78, 5) is 45.6. The van der Waals surface area contributed by atoms with Crippen molar-refractivity contribution in [2.45, 2.75) is 84.5 Å². The molecule has 0 radical (unpaired) electrons. The van der Waals surface area contributed by atoms with Crippen LogP contribution in [0.15, 0.2) is 35.2 Å². The van der Waals surface area contributed by atoms with Crippen molar-refractivity contribution in [1.82, 2.24) is 9.80 Å². The predicted molar refractivity (Wildman–Crippen MR) is 156 cm³/mol. The van der Waals surface area contributed by atoms with E-state index in [-0.39, 0.29) is 47.2 Å². The highest BCUT2D eigenvalue weighted by Crippen LogP contribution is 2.81. The number of epoxide rings is 1. The summed E-state index contributed by atoms with van der Waals surface area (Å²) < 4.78 is 18.7. The molecule has 5 fully saturated rings. The second kappa shape index (κ2) is 9.12. The van der Waals surface area contributed by atoms with E-state index < -0.39 is 34.1 Å². The van der Waals surface area contributed by atoms with Gasteiger partial charge in [-0.25, -0.2) is 0 Å². The van der Waals surface area contributed by atoms with Crippen molar-refractivity contribution in [2.75, 3.05) is 39.3 Å². The molecule has 0 unspecified atom stereocenters. The first-order valence-electron chi connectivity index (χ1n) is 16.0. The number of likely N-dealkylation sites (N-methyl/N-ethyl adjacent to an activating group) is 1.